The van der Waals surface area contributed by atoms with Crippen molar-refractivity contribution in [3.05, 3.63) is 59.7 Å². The molecule has 1 heterocycles. The molecule has 2 aromatic rings. The lowest BCUT2D eigenvalue weighted by Gasteiger charge is -2.23. The average Bonchev–Trinajstić information content (AvgIpc) is 3.09. The highest BCUT2D eigenvalue weighted by molar-refractivity contribution is 5.40. The summed E-state index contributed by atoms with van der Waals surface area (Å²) in [5.74, 6) is 0.309. The van der Waals surface area contributed by atoms with E-state index in [-0.39, 0.29) is 23.9 Å². The third kappa shape index (κ3) is 5.62. The van der Waals surface area contributed by atoms with Gasteiger partial charge in [0, 0.05) is 24.2 Å². The highest BCUT2D eigenvalue weighted by Crippen LogP contribution is 2.30. The minimum Gasteiger partial charge on any atom is -0.491 e. The molecular weight excluding hydrogens is 369 g/mol. The van der Waals surface area contributed by atoms with E-state index >= 15 is 0 Å². The quantitative estimate of drug-likeness (QED) is 0.722. The standard InChI is InChI=1S/C21H25F3N2O2/c1-14(2)27-19-9-8-17(28-21(22,23)24)12-16(19)13-26-18-10-11-25-20(18)15-6-4-3-5-7-15/h3-9,12,14,18,20,25-26H,10-11,13H2,1-2H3/t18-,20-/m1/s1. The van der Waals surface area contributed by atoms with Gasteiger partial charge in [-0.3, -0.25) is 0 Å². The maximum atomic E-state index is 12.6. The van der Waals surface area contributed by atoms with Gasteiger partial charge >= 0.3 is 6.36 Å². The first-order valence-electron chi connectivity index (χ1n) is 9.39. The van der Waals surface area contributed by atoms with E-state index in [2.05, 4.69) is 27.5 Å². The molecule has 152 valence electrons. The van der Waals surface area contributed by atoms with E-state index in [1.165, 1.54) is 23.8 Å². The van der Waals surface area contributed by atoms with E-state index in [4.69, 9.17) is 4.74 Å². The zero-order valence-electron chi connectivity index (χ0n) is 15.9. The van der Waals surface area contributed by atoms with Crippen LogP contribution in [0.3, 0.4) is 0 Å². The molecule has 1 aliphatic heterocycles. The fraction of sp³-hybridized carbons (Fsp3) is 0.429. The Morgan fingerprint density at radius 2 is 1.89 bits per heavy atom. The van der Waals surface area contributed by atoms with Crippen LogP contribution in [-0.2, 0) is 6.54 Å². The van der Waals surface area contributed by atoms with Gasteiger partial charge in [-0.2, -0.15) is 0 Å². The van der Waals surface area contributed by atoms with Crippen LogP contribution in [0.5, 0.6) is 11.5 Å². The smallest absolute Gasteiger partial charge is 0.491 e. The van der Waals surface area contributed by atoms with Gasteiger partial charge in [0.2, 0.25) is 0 Å². The summed E-state index contributed by atoms with van der Waals surface area (Å²) in [6.45, 7) is 5.02. The van der Waals surface area contributed by atoms with Crippen LogP contribution in [0.2, 0.25) is 0 Å². The summed E-state index contributed by atoms with van der Waals surface area (Å²) >= 11 is 0. The van der Waals surface area contributed by atoms with Crippen molar-refractivity contribution in [2.45, 2.75) is 51.4 Å². The Bertz CT molecular complexity index is 766. The molecule has 0 spiro atoms. The van der Waals surface area contributed by atoms with Crippen molar-refractivity contribution in [3.63, 3.8) is 0 Å². The molecule has 3 rings (SSSR count). The first-order chi connectivity index (χ1) is 13.3. The van der Waals surface area contributed by atoms with Crippen LogP contribution < -0.4 is 20.1 Å². The van der Waals surface area contributed by atoms with Gasteiger partial charge in [-0.15, -0.1) is 13.2 Å². The molecule has 2 aromatic carbocycles. The highest BCUT2D eigenvalue weighted by Gasteiger charge is 2.32. The molecule has 2 N–H and O–H groups in total. The molecular formula is C21H25F3N2O2. The summed E-state index contributed by atoms with van der Waals surface area (Å²) in [6, 6.07) is 14.6. The second-order valence-electron chi connectivity index (χ2n) is 7.10. The molecule has 28 heavy (non-hydrogen) atoms. The van der Waals surface area contributed by atoms with Gasteiger partial charge in [-0.1, -0.05) is 30.3 Å². The number of ether oxygens (including phenoxy) is 2. The number of halogens is 3. The molecule has 4 nitrogen and oxygen atoms in total. The van der Waals surface area contributed by atoms with Crippen molar-refractivity contribution < 1.29 is 22.6 Å². The van der Waals surface area contributed by atoms with Gasteiger partial charge in [0.25, 0.3) is 0 Å². The molecule has 0 unspecified atom stereocenters. The normalized spacial score (nSPS) is 19.8. The maximum absolute atomic E-state index is 12.6. The molecule has 7 heteroatoms. The molecule has 0 aliphatic carbocycles. The van der Waals surface area contributed by atoms with E-state index in [9.17, 15) is 13.2 Å². The van der Waals surface area contributed by atoms with E-state index < -0.39 is 6.36 Å². The Kier molecular flexibility index (Phi) is 6.46. The van der Waals surface area contributed by atoms with Crippen LogP contribution >= 0.6 is 0 Å². The van der Waals surface area contributed by atoms with Crippen molar-refractivity contribution in [1.82, 2.24) is 10.6 Å². The van der Waals surface area contributed by atoms with Gasteiger partial charge in [0.15, 0.2) is 0 Å². The Labute approximate surface area is 163 Å². The van der Waals surface area contributed by atoms with Gasteiger partial charge < -0.3 is 20.1 Å². The van der Waals surface area contributed by atoms with Crippen molar-refractivity contribution >= 4 is 0 Å². The largest absolute Gasteiger partial charge is 0.573 e. The summed E-state index contributed by atoms with van der Waals surface area (Å²) in [4.78, 5) is 0. The van der Waals surface area contributed by atoms with Gasteiger partial charge in [0.05, 0.1) is 6.10 Å². The second kappa shape index (κ2) is 8.84. The van der Waals surface area contributed by atoms with Crippen LogP contribution in [0, 0.1) is 0 Å². The number of alkyl halides is 3. The molecule has 1 fully saturated rings. The average molecular weight is 394 g/mol. The Hall–Kier alpha value is -2.25. The summed E-state index contributed by atoms with van der Waals surface area (Å²) in [7, 11) is 0. The lowest BCUT2D eigenvalue weighted by molar-refractivity contribution is -0.274. The molecule has 0 bridgehead atoms. The third-order valence-corrected chi connectivity index (χ3v) is 4.56. The van der Waals surface area contributed by atoms with Gasteiger partial charge in [-0.05, 0) is 50.6 Å². The van der Waals surface area contributed by atoms with Crippen LogP contribution in [0.4, 0.5) is 13.2 Å². The number of rotatable bonds is 7. The van der Waals surface area contributed by atoms with Crippen molar-refractivity contribution in [1.29, 1.82) is 0 Å². The zero-order chi connectivity index (χ0) is 20.1. The first kappa shape index (κ1) is 20.5. The predicted molar refractivity (Wildman–Crippen MR) is 101 cm³/mol. The predicted octanol–water partition coefficient (Wildman–Crippen LogP) is 4.57. The molecule has 0 radical (unpaired) electrons. The third-order valence-electron chi connectivity index (χ3n) is 4.56. The number of hydrogen-bond acceptors (Lipinski definition) is 4. The van der Waals surface area contributed by atoms with Crippen LogP contribution in [-0.4, -0.2) is 25.1 Å². The Morgan fingerprint density at radius 1 is 1.14 bits per heavy atom. The van der Waals surface area contributed by atoms with Crippen molar-refractivity contribution in [2.24, 2.45) is 0 Å². The summed E-state index contributed by atoms with van der Waals surface area (Å²) < 4.78 is 47.6. The number of benzene rings is 2. The van der Waals surface area contributed by atoms with Gasteiger partial charge in [0.1, 0.15) is 11.5 Å². The van der Waals surface area contributed by atoms with E-state index in [1.54, 1.807) is 0 Å². The second-order valence-corrected chi connectivity index (χ2v) is 7.10. The van der Waals surface area contributed by atoms with Gasteiger partial charge in [-0.25, -0.2) is 0 Å². The Morgan fingerprint density at radius 3 is 2.57 bits per heavy atom. The van der Waals surface area contributed by atoms with Crippen LogP contribution in [0.15, 0.2) is 48.5 Å². The topological polar surface area (TPSA) is 42.5 Å². The lowest BCUT2D eigenvalue weighted by atomic mass is 10.0. The fourth-order valence-electron chi connectivity index (χ4n) is 3.43. The lowest BCUT2D eigenvalue weighted by Crippen LogP contribution is -2.34. The van der Waals surface area contributed by atoms with E-state index in [1.807, 2.05) is 32.0 Å². The summed E-state index contributed by atoms with van der Waals surface area (Å²) in [5.41, 5.74) is 1.82. The number of nitrogens with one attached hydrogen (secondary N) is 2. The summed E-state index contributed by atoms with van der Waals surface area (Å²) in [5, 5.41) is 6.95. The molecule has 1 aliphatic rings. The highest BCUT2D eigenvalue weighted by atomic mass is 19.4. The minimum absolute atomic E-state index is 0.0849. The molecule has 2 atom stereocenters. The van der Waals surface area contributed by atoms with E-state index in [0.29, 0.717) is 17.9 Å². The van der Waals surface area contributed by atoms with E-state index in [0.717, 1.165) is 13.0 Å². The molecule has 0 amide bonds. The zero-order valence-corrected chi connectivity index (χ0v) is 15.9. The van der Waals surface area contributed by atoms with Crippen molar-refractivity contribution in [3.8, 4) is 11.5 Å². The van der Waals surface area contributed by atoms with Crippen LogP contribution in [0.1, 0.15) is 37.4 Å². The maximum Gasteiger partial charge on any atom is 0.573 e. The first-order valence-corrected chi connectivity index (χ1v) is 9.39. The number of hydrogen-bond donors (Lipinski definition) is 2. The summed E-state index contributed by atoms with van der Waals surface area (Å²) in [6.07, 6.45) is -3.88. The monoisotopic (exact) mass is 394 g/mol. The van der Waals surface area contributed by atoms with Crippen LogP contribution in [0.25, 0.3) is 0 Å². The Balaban J connectivity index is 1.74. The SMILES string of the molecule is CC(C)Oc1ccc(OC(F)(F)F)cc1CN[C@@H]1CCN[C@@H]1c1ccccc1. The fourth-order valence-corrected chi connectivity index (χ4v) is 3.43. The molecule has 0 saturated carbocycles. The molecule has 0 aromatic heterocycles. The molecule has 1 saturated heterocycles. The van der Waals surface area contributed by atoms with Crippen molar-refractivity contribution in [2.75, 3.05) is 6.54 Å². The minimum atomic E-state index is -4.72.